The summed E-state index contributed by atoms with van der Waals surface area (Å²) in [5.41, 5.74) is 6.32. The van der Waals surface area contributed by atoms with E-state index in [1.54, 1.807) is 37.5 Å². The number of aromatic amines is 1. The minimum absolute atomic E-state index is 0.352. The third kappa shape index (κ3) is 5.63. The van der Waals surface area contributed by atoms with Crippen LogP contribution in [0.2, 0.25) is 0 Å². The number of rotatable bonds is 8. The highest BCUT2D eigenvalue weighted by molar-refractivity contribution is 7.71. The van der Waals surface area contributed by atoms with Gasteiger partial charge in [0, 0.05) is 74.7 Å². The van der Waals surface area contributed by atoms with Crippen LogP contribution in [0.15, 0.2) is 61.3 Å². The molecule has 236 valence electrons. The van der Waals surface area contributed by atoms with Crippen LogP contribution in [0.4, 0.5) is 28.8 Å². The van der Waals surface area contributed by atoms with Crippen LogP contribution in [0.3, 0.4) is 0 Å². The molecular weight excluding hydrogens is 601 g/mol. The van der Waals surface area contributed by atoms with Crippen LogP contribution in [-0.2, 0) is 11.6 Å². The molecule has 0 bridgehead atoms. The molecule has 6 aromatic rings. The summed E-state index contributed by atoms with van der Waals surface area (Å²) in [7, 11) is 2.95. The van der Waals surface area contributed by atoms with E-state index in [1.807, 2.05) is 43.8 Å². The molecule has 0 radical (unpaired) electrons. The Labute approximate surface area is 266 Å². The van der Waals surface area contributed by atoms with Gasteiger partial charge in [-0.25, -0.2) is 0 Å². The van der Waals surface area contributed by atoms with Crippen LogP contribution in [0.25, 0.3) is 33.2 Å². The number of anilines is 5. The van der Waals surface area contributed by atoms with Crippen molar-refractivity contribution in [1.29, 1.82) is 0 Å². The van der Waals surface area contributed by atoms with E-state index in [-0.39, 0.29) is 0 Å². The van der Waals surface area contributed by atoms with E-state index < -0.39 is 7.14 Å². The molecule has 0 amide bonds. The Balaban J connectivity index is 1.31. The first kappa shape index (κ1) is 29.7. The van der Waals surface area contributed by atoms with Gasteiger partial charge < -0.3 is 34.7 Å². The number of nitrogens with one attached hydrogen (secondary N) is 3. The molecule has 6 heterocycles. The molecule has 0 aliphatic carbocycles. The number of piperazine rings is 1. The largest absolute Gasteiger partial charge is 0.494 e. The maximum Gasteiger partial charge on any atom is 0.231 e. The standard InChI is InChI=1S/C32H36N11O2P/c1-41-11-13-43(14-12-41)26-16-27(45-3)24(15-22(26)20-17-36-42(2)19-20)38-32-39-30-21(8-10-34-30)31(40-32)37-25-18-35-23-7-6-9-33-28(23)29(25)46(4,5)44/h6-10,15-19H,11-14H2,1-5H3,(H3,34,37,38,39,40). The van der Waals surface area contributed by atoms with Gasteiger partial charge in [-0.05, 0) is 44.6 Å². The Morgan fingerprint density at radius 3 is 2.54 bits per heavy atom. The van der Waals surface area contributed by atoms with Gasteiger partial charge in [0.2, 0.25) is 5.95 Å². The molecule has 1 aromatic carbocycles. The number of hydrogen-bond acceptors (Lipinski definition) is 11. The molecule has 13 nitrogen and oxygen atoms in total. The number of ether oxygens (including phenoxy) is 1. The van der Waals surface area contributed by atoms with Crippen molar-refractivity contribution in [3.05, 3.63) is 61.3 Å². The average Bonchev–Trinajstić information content (AvgIpc) is 3.70. The first-order valence-corrected chi connectivity index (χ1v) is 17.6. The summed E-state index contributed by atoms with van der Waals surface area (Å²) in [6, 6.07) is 9.73. The quantitative estimate of drug-likeness (QED) is 0.198. The number of nitrogens with zero attached hydrogens (tertiary/aromatic N) is 8. The lowest BCUT2D eigenvalue weighted by Gasteiger charge is -2.35. The van der Waals surface area contributed by atoms with Crippen LogP contribution >= 0.6 is 7.14 Å². The SMILES string of the molecule is COc1cc(N2CCN(C)CC2)c(-c2cnn(C)c2)cc1Nc1nc(Nc2cnc3cccnc3c2P(C)(C)=O)c2cc[nH]c2n1. The summed E-state index contributed by atoms with van der Waals surface area (Å²) >= 11 is 0. The van der Waals surface area contributed by atoms with Gasteiger partial charge in [0.1, 0.15) is 29.9 Å². The number of methoxy groups -OCH3 is 1. The molecule has 1 saturated heterocycles. The summed E-state index contributed by atoms with van der Waals surface area (Å²) in [5, 5.41) is 12.7. The molecule has 7 rings (SSSR count). The van der Waals surface area contributed by atoms with Gasteiger partial charge in [0.25, 0.3) is 0 Å². The highest BCUT2D eigenvalue weighted by atomic mass is 31.2. The molecule has 0 saturated carbocycles. The monoisotopic (exact) mass is 637 g/mol. The van der Waals surface area contributed by atoms with E-state index >= 15 is 0 Å². The maximum atomic E-state index is 13.6. The number of H-pyrrole nitrogens is 1. The average molecular weight is 638 g/mol. The van der Waals surface area contributed by atoms with Crippen molar-refractivity contribution in [2.45, 2.75) is 0 Å². The fraction of sp³-hybridized carbons (Fsp3) is 0.281. The van der Waals surface area contributed by atoms with Crippen molar-refractivity contribution in [2.75, 3.05) is 69.2 Å². The van der Waals surface area contributed by atoms with Crippen LogP contribution < -0.4 is 25.6 Å². The van der Waals surface area contributed by atoms with Gasteiger partial charge in [-0.1, -0.05) is 0 Å². The highest BCUT2D eigenvalue weighted by Crippen LogP contribution is 2.42. The number of likely N-dealkylation sites (N-methyl/N-ethyl adjacent to an activating group) is 1. The van der Waals surface area contributed by atoms with E-state index in [1.165, 1.54) is 0 Å². The summed E-state index contributed by atoms with van der Waals surface area (Å²) in [6.07, 6.45) is 9.07. The van der Waals surface area contributed by atoms with E-state index in [4.69, 9.17) is 14.7 Å². The van der Waals surface area contributed by atoms with Crippen LogP contribution in [-0.4, -0.2) is 93.3 Å². The zero-order valence-corrected chi connectivity index (χ0v) is 27.3. The van der Waals surface area contributed by atoms with Gasteiger partial charge in [-0.2, -0.15) is 15.1 Å². The second-order valence-corrected chi connectivity index (χ2v) is 15.0. The van der Waals surface area contributed by atoms with Crippen molar-refractivity contribution in [1.82, 2.24) is 39.6 Å². The topological polar surface area (TPSA) is 142 Å². The molecule has 1 fully saturated rings. The first-order valence-electron chi connectivity index (χ1n) is 15.0. The van der Waals surface area contributed by atoms with E-state index in [0.29, 0.717) is 50.9 Å². The van der Waals surface area contributed by atoms with Gasteiger partial charge in [0.15, 0.2) is 0 Å². The van der Waals surface area contributed by atoms with Crippen molar-refractivity contribution >= 4 is 63.3 Å². The lowest BCUT2D eigenvalue weighted by atomic mass is 10.0. The highest BCUT2D eigenvalue weighted by Gasteiger charge is 2.24. The lowest BCUT2D eigenvalue weighted by molar-refractivity contribution is 0.313. The Kier molecular flexibility index (Phi) is 7.58. The van der Waals surface area contributed by atoms with Crippen LogP contribution in [0, 0.1) is 0 Å². The first-order chi connectivity index (χ1) is 22.2. The molecule has 46 heavy (non-hydrogen) atoms. The third-order valence-corrected chi connectivity index (χ3v) is 9.76. The van der Waals surface area contributed by atoms with Crippen molar-refractivity contribution in [2.24, 2.45) is 7.05 Å². The molecule has 0 atom stereocenters. The molecule has 5 aromatic heterocycles. The minimum Gasteiger partial charge on any atom is -0.494 e. The summed E-state index contributed by atoms with van der Waals surface area (Å²) in [4.78, 5) is 26.7. The zero-order valence-electron chi connectivity index (χ0n) is 26.4. The van der Waals surface area contributed by atoms with Crippen molar-refractivity contribution in [3.63, 3.8) is 0 Å². The summed E-state index contributed by atoms with van der Waals surface area (Å²) < 4.78 is 21.3. The second-order valence-electron chi connectivity index (χ2n) is 11.9. The predicted molar refractivity (Wildman–Crippen MR) is 184 cm³/mol. The summed E-state index contributed by atoms with van der Waals surface area (Å²) in [6.45, 7) is 7.24. The molecule has 1 aliphatic heterocycles. The molecule has 14 heteroatoms. The van der Waals surface area contributed by atoms with E-state index in [0.717, 1.165) is 48.4 Å². The smallest absolute Gasteiger partial charge is 0.231 e. The number of fused-ring (bicyclic) bond motifs is 2. The Bertz CT molecular complexity index is 2110. The second kappa shape index (κ2) is 11.7. The minimum atomic E-state index is -2.78. The zero-order chi connectivity index (χ0) is 32.0. The fourth-order valence-electron chi connectivity index (χ4n) is 5.92. The van der Waals surface area contributed by atoms with E-state index in [2.05, 4.69) is 59.7 Å². The van der Waals surface area contributed by atoms with Gasteiger partial charge in [0.05, 0.1) is 47.1 Å². The van der Waals surface area contributed by atoms with E-state index in [9.17, 15) is 4.57 Å². The van der Waals surface area contributed by atoms with Crippen molar-refractivity contribution in [3.8, 4) is 16.9 Å². The van der Waals surface area contributed by atoms with Crippen LogP contribution in [0.1, 0.15) is 0 Å². The third-order valence-electron chi connectivity index (χ3n) is 8.23. The van der Waals surface area contributed by atoms with Gasteiger partial charge in [-0.15, -0.1) is 0 Å². The Hall–Kier alpha value is -5.00. The molecule has 1 aliphatic rings. The number of hydrogen-bond donors (Lipinski definition) is 3. The lowest BCUT2D eigenvalue weighted by Crippen LogP contribution is -2.44. The number of benzene rings is 1. The maximum absolute atomic E-state index is 13.6. The van der Waals surface area contributed by atoms with Crippen molar-refractivity contribution < 1.29 is 9.30 Å². The summed E-state index contributed by atoms with van der Waals surface area (Å²) in [5.74, 6) is 1.54. The fourth-order valence-corrected chi connectivity index (χ4v) is 7.30. The number of aromatic nitrogens is 7. The number of aryl methyl sites for hydroxylation is 1. The van der Waals surface area contributed by atoms with Gasteiger partial charge >= 0.3 is 0 Å². The Morgan fingerprint density at radius 1 is 0.978 bits per heavy atom. The molecular formula is C32H36N11O2P. The molecule has 0 spiro atoms. The molecule has 3 N–H and O–H groups in total. The van der Waals surface area contributed by atoms with Gasteiger partial charge in [-0.3, -0.25) is 14.6 Å². The molecule has 0 unspecified atom stereocenters. The predicted octanol–water partition coefficient (Wildman–Crippen LogP) is 4.80. The Morgan fingerprint density at radius 2 is 1.80 bits per heavy atom. The number of pyridine rings is 2. The van der Waals surface area contributed by atoms with Crippen LogP contribution in [0.5, 0.6) is 5.75 Å². The normalized spacial score (nSPS) is 14.2.